The number of rotatable bonds is 6. The van der Waals surface area contributed by atoms with E-state index in [2.05, 4.69) is 53.3 Å². The molecule has 2 aromatic carbocycles. The van der Waals surface area contributed by atoms with Crippen molar-refractivity contribution in [3.05, 3.63) is 65.2 Å². The van der Waals surface area contributed by atoms with Gasteiger partial charge in [-0.15, -0.1) is 0 Å². The number of halogens is 1. The minimum Gasteiger partial charge on any atom is -0.456 e. The Labute approximate surface area is 230 Å². The van der Waals surface area contributed by atoms with Crippen LogP contribution in [-0.4, -0.2) is 83.2 Å². The van der Waals surface area contributed by atoms with E-state index >= 15 is 0 Å². The van der Waals surface area contributed by atoms with Crippen LogP contribution in [0.15, 0.2) is 59.6 Å². The summed E-state index contributed by atoms with van der Waals surface area (Å²) < 4.78 is 17.3. The lowest BCUT2D eigenvalue weighted by atomic mass is 10.0. The van der Waals surface area contributed by atoms with Crippen LogP contribution in [-0.2, 0) is 9.47 Å². The number of likely N-dealkylation sites (N-methyl/N-ethyl adjacent to an activating group) is 1. The van der Waals surface area contributed by atoms with Crippen molar-refractivity contribution < 1.29 is 24.2 Å². The molecule has 0 amide bonds. The van der Waals surface area contributed by atoms with E-state index in [0.717, 1.165) is 42.2 Å². The largest absolute Gasteiger partial charge is 0.456 e. The van der Waals surface area contributed by atoms with Crippen molar-refractivity contribution in [1.29, 1.82) is 0 Å². The number of nitrogens with one attached hydrogen (secondary N) is 2. The Morgan fingerprint density at radius 1 is 0.974 bits per heavy atom. The zero-order valence-corrected chi connectivity index (χ0v) is 22.2. The number of H-pyrrole nitrogens is 1. The molecule has 0 saturated carbocycles. The number of aliphatic imine (C=N–C) groups is 1. The van der Waals surface area contributed by atoms with Crippen LogP contribution in [0.3, 0.4) is 0 Å². The molecule has 0 bridgehead atoms. The number of fused-ring (bicyclic) bond motifs is 2. The molecule has 0 aliphatic carbocycles. The third kappa shape index (κ3) is 4.50. The fraction of sp³-hybridized carbons (Fsp3) is 0.345. The van der Waals surface area contributed by atoms with Crippen LogP contribution in [0.25, 0.3) is 33.5 Å². The van der Waals surface area contributed by atoms with E-state index in [1.807, 2.05) is 18.2 Å². The quantitative estimate of drug-likeness (QED) is 0.343. The fourth-order valence-electron chi connectivity index (χ4n) is 5.66. The Morgan fingerprint density at radius 2 is 1.67 bits per heavy atom. The minimum atomic E-state index is -0.632. The molecule has 0 radical (unpaired) electrons. The van der Waals surface area contributed by atoms with E-state index in [4.69, 9.17) is 35.8 Å². The van der Waals surface area contributed by atoms with Gasteiger partial charge in [0.05, 0.1) is 48.1 Å². The van der Waals surface area contributed by atoms with Gasteiger partial charge in [0.15, 0.2) is 11.8 Å². The second-order valence-electron chi connectivity index (χ2n) is 10.1. The molecule has 7 rings (SSSR count). The number of amidine groups is 1. The van der Waals surface area contributed by atoms with Crippen molar-refractivity contribution in [1.82, 2.24) is 15.0 Å². The lowest BCUT2D eigenvalue weighted by molar-refractivity contribution is -0.795. The van der Waals surface area contributed by atoms with E-state index < -0.39 is 6.10 Å². The minimum absolute atomic E-state index is 0.244. The zero-order valence-electron chi connectivity index (χ0n) is 21.4. The molecule has 4 aromatic rings. The summed E-state index contributed by atoms with van der Waals surface area (Å²) in [6.45, 7) is 5.78. The van der Waals surface area contributed by atoms with Crippen molar-refractivity contribution in [2.75, 3.05) is 32.8 Å². The predicted molar refractivity (Wildman–Crippen MR) is 147 cm³/mol. The van der Waals surface area contributed by atoms with E-state index in [1.54, 1.807) is 0 Å². The van der Waals surface area contributed by atoms with Crippen LogP contribution >= 0.6 is 11.6 Å². The SMILES string of the molecule is CC[NH+]1CCN=C1c1ccc(-c2ccc(-c3nc4nc(O[C@@H]5CO[C@H]6[C@@H]5OC[C@H]6O)[nH]c4cc3Cl)cc2)cc1. The Kier molecular flexibility index (Phi) is 6.33. The molecule has 3 aliphatic heterocycles. The van der Waals surface area contributed by atoms with Crippen LogP contribution in [0.1, 0.15) is 12.5 Å². The number of benzene rings is 2. The number of aromatic amines is 1. The summed E-state index contributed by atoms with van der Waals surface area (Å²) in [6, 6.07) is 18.9. The number of hydrogen-bond donors (Lipinski definition) is 3. The monoisotopic (exact) mass is 546 g/mol. The van der Waals surface area contributed by atoms with Crippen LogP contribution in [0.2, 0.25) is 5.02 Å². The lowest BCUT2D eigenvalue weighted by Gasteiger charge is -2.15. The predicted octanol–water partition coefficient (Wildman–Crippen LogP) is 2.52. The van der Waals surface area contributed by atoms with Gasteiger partial charge >= 0.3 is 0 Å². The van der Waals surface area contributed by atoms with Gasteiger partial charge in [0.25, 0.3) is 6.01 Å². The van der Waals surface area contributed by atoms with Crippen LogP contribution < -0.4 is 9.64 Å². The normalized spacial score (nSPS) is 26.2. The molecule has 9 nitrogen and oxygen atoms in total. The molecule has 0 spiro atoms. The molecule has 39 heavy (non-hydrogen) atoms. The van der Waals surface area contributed by atoms with Crippen molar-refractivity contribution >= 4 is 28.6 Å². The maximum absolute atomic E-state index is 9.96. The molecular formula is C29H29ClN5O4+. The summed E-state index contributed by atoms with van der Waals surface area (Å²) in [5.74, 6) is 1.16. The highest BCUT2D eigenvalue weighted by Gasteiger charge is 2.48. The second kappa shape index (κ2) is 10.0. The van der Waals surface area contributed by atoms with Crippen LogP contribution in [0, 0.1) is 0 Å². The van der Waals surface area contributed by atoms with Gasteiger partial charge in [-0.05, 0) is 36.2 Å². The number of hydrogen-bond acceptors (Lipinski definition) is 7. The molecular weight excluding hydrogens is 518 g/mol. The van der Waals surface area contributed by atoms with Crippen molar-refractivity contribution in [2.24, 2.45) is 4.99 Å². The number of quaternary nitrogens is 1. The number of aliphatic hydroxyl groups excluding tert-OH is 1. The fourth-order valence-corrected chi connectivity index (χ4v) is 5.92. The molecule has 2 saturated heterocycles. The van der Waals surface area contributed by atoms with Gasteiger partial charge in [0, 0.05) is 5.56 Å². The number of nitrogens with zero attached hydrogens (tertiary/aromatic N) is 3. The van der Waals surface area contributed by atoms with Crippen LogP contribution in [0.5, 0.6) is 6.01 Å². The highest BCUT2D eigenvalue weighted by molar-refractivity contribution is 6.33. The van der Waals surface area contributed by atoms with E-state index in [-0.39, 0.29) is 24.9 Å². The van der Waals surface area contributed by atoms with Gasteiger partial charge in [-0.2, -0.15) is 4.98 Å². The average Bonchev–Trinajstić information content (AvgIpc) is 3.75. The molecule has 10 heteroatoms. The molecule has 2 fully saturated rings. The highest BCUT2D eigenvalue weighted by Crippen LogP contribution is 2.33. The maximum Gasteiger partial charge on any atom is 0.296 e. The Hall–Kier alpha value is -3.34. The average molecular weight is 547 g/mol. The number of aromatic nitrogens is 3. The van der Waals surface area contributed by atoms with Gasteiger partial charge < -0.3 is 24.3 Å². The number of ether oxygens (including phenoxy) is 3. The number of imidazole rings is 1. The van der Waals surface area contributed by atoms with Gasteiger partial charge in [-0.3, -0.25) is 4.90 Å². The van der Waals surface area contributed by atoms with E-state index in [1.165, 1.54) is 10.5 Å². The summed E-state index contributed by atoms with van der Waals surface area (Å²) in [4.78, 5) is 18.5. The molecule has 2 aromatic heterocycles. The summed E-state index contributed by atoms with van der Waals surface area (Å²) in [5.41, 5.74) is 6.17. The highest BCUT2D eigenvalue weighted by atomic mass is 35.5. The van der Waals surface area contributed by atoms with E-state index in [9.17, 15) is 5.11 Å². The van der Waals surface area contributed by atoms with Gasteiger partial charge in [0.1, 0.15) is 24.9 Å². The first-order valence-electron chi connectivity index (χ1n) is 13.3. The topological polar surface area (TPSA) is 106 Å². The second-order valence-corrected chi connectivity index (χ2v) is 10.6. The smallest absolute Gasteiger partial charge is 0.296 e. The summed E-state index contributed by atoms with van der Waals surface area (Å²) in [5, 5.41) is 10.5. The third-order valence-corrected chi connectivity index (χ3v) is 8.03. The Morgan fingerprint density at radius 3 is 2.41 bits per heavy atom. The number of pyridine rings is 1. The standard InChI is InChI=1S/C29H28ClN5O4/c1-2-35-12-11-31-28(35)19-9-5-17(6-10-19)16-3-7-18(8-4-16)24-20(30)13-21-27(33-24)34-29(32-21)39-23-15-38-25-22(36)14-37-26(23)25/h3-10,13,22-23,25-26,36H,2,11-12,14-15H2,1H3,(H,32,33,34)/p+1/t22-,23-,25-,26-/m1/s1. The number of aliphatic hydroxyl groups is 1. The Bertz CT molecular complexity index is 1540. The lowest BCUT2D eigenvalue weighted by Crippen LogP contribution is -3.13. The molecule has 3 N–H and O–H groups in total. The molecule has 3 aliphatic rings. The Balaban J connectivity index is 1.09. The van der Waals surface area contributed by atoms with Crippen molar-refractivity contribution in [2.45, 2.75) is 31.3 Å². The first-order chi connectivity index (χ1) is 19.1. The molecule has 1 unspecified atom stereocenters. The van der Waals surface area contributed by atoms with Crippen molar-refractivity contribution in [3.8, 4) is 28.4 Å². The van der Waals surface area contributed by atoms with Gasteiger partial charge in [-0.1, -0.05) is 48.0 Å². The van der Waals surface area contributed by atoms with Gasteiger partial charge in [-0.25, -0.2) is 9.98 Å². The molecule has 200 valence electrons. The van der Waals surface area contributed by atoms with Crippen LogP contribution in [0.4, 0.5) is 0 Å². The summed E-state index contributed by atoms with van der Waals surface area (Å²) in [7, 11) is 0. The van der Waals surface area contributed by atoms with E-state index in [0.29, 0.717) is 34.5 Å². The summed E-state index contributed by atoms with van der Waals surface area (Å²) in [6.07, 6.45) is -1.68. The van der Waals surface area contributed by atoms with Crippen molar-refractivity contribution in [3.63, 3.8) is 0 Å². The first kappa shape index (κ1) is 24.7. The molecule has 5 atom stereocenters. The third-order valence-electron chi connectivity index (χ3n) is 7.74. The zero-order chi connectivity index (χ0) is 26.5. The first-order valence-corrected chi connectivity index (χ1v) is 13.7. The molecule has 5 heterocycles. The summed E-state index contributed by atoms with van der Waals surface area (Å²) >= 11 is 6.63. The van der Waals surface area contributed by atoms with Gasteiger partial charge in [0.2, 0.25) is 5.84 Å². The maximum atomic E-state index is 9.96.